The van der Waals surface area contributed by atoms with Gasteiger partial charge < -0.3 is 15.4 Å². The average Bonchev–Trinajstić information content (AvgIpc) is 2.76. The van der Waals surface area contributed by atoms with Gasteiger partial charge in [-0.2, -0.15) is 0 Å². The summed E-state index contributed by atoms with van der Waals surface area (Å²) in [6.45, 7) is -0.0766. The van der Waals surface area contributed by atoms with Crippen molar-refractivity contribution in [3.8, 4) is 5.75 Å². The fourth-order valence-corrected chi connectivity index (χ4v) is 3.48. The lowest BCUT2D eigenvalue weighted by Crippen LogP contribution is -2.20. The van der Waals surface area contributed by atoms with Gasteiger partial charge in [0.1, 0.15) is 5.75 Å². The van der Waals surface area contributed by atoms with Crippen LogP contribution in [0.3, 0.4) is 0 Å². The number of nitrogens with one attached hydrogen (secondary N) is 2. The van der Waals surface area contributed by atoms with Crippen LogP contribution < -0.4 is 15.4 Å². The van der Waals surface area contributed by atoms with Crippen LogP contribution in [-0.4, -0.2) is 24.2 Å². The number of halogens is 2. The number of hydrogen-bond acceptors (Lipinski definition) is 4. The predicted molar refractivity (Wildman–Crippen MR) is 123 cm³/mol. The molecule has 0 unspecified atom stereocenters. The van der Waals surface area contributed by atoms with E-state index in [0.717, 1.165) is 4.90 Å². The molecule has 2 N–H and O–H groups in total. The zero-order chi connectivity index (χ0) is 21.3. The molecule has 3 aromatic carbocycles. The lowest BCUT2D eigenvalue weighted by atomic mass is 10.3. The van der Waals surface area contributed by atoms with Crippen LogP contribution in [0.1, 0.15) is 0 Å². The van der Waals surface area contributed by atoms with Gasteiger partial charge in [0, 0.05) is 10.6 Å². The highest BCUT2D eigenvalue weighted by molar-refractivity contribution is 8.00. The van der Waals surface area contributed by atoms with E-state index >= 15 is 0 Å². The molecule has 0 aromatic heterocycles. The van der Waals surface area contributed by atoms with Crippen LogP contribution in [0.5, 0.6) is 5.75 Å². The van der Waals surface area contributed by atoms with Crippen molar-refractivity contribution < 1.29 is 14.3 Å². The van der Waals surface area contributed by atoms with Crippen LogP contribution >= 0.6 is 35.0 Å². The smallest absolute Gasteiger partial charge is 0.262 e. The second-order valence-electron chi connectivity index (χ2n) is 6.11. The summed E-state index contributed by atoms with van der Waals surface area (Å²) < 4.78 is 5.41. The summed E-state index contributed by atoms with van der Waals surface area (Å²) in [5.41, 5.74) is 1.13. The van der Waals surface area contributed by atoms with Crippen molar-refractivity contribution in [1.82, 2.24) is 0 Å². The molecule has 30 heavy (non-hydrogen) atoms. The maximum Gasteiger partial charge on any atom is 0.262 e. The van der Waals surface area contributed by atoms with Gasteiger partial charge in [0.15, 0.2) is 6.61 Å². The molecule has 0 heterocycles. The van der Waals surface area contributed by atoms with Crippen molar-refractivity contribution in [3.05, 3.63) is 82.8 Å². The Kier molecular flexibility index (Phi) is 8.02. The summed E-state index contributed by atoms with van der Waals surface area (Å²) >= 11 is 13.4. The quantitative estimate of drug-likeness (QED) is 0.420. The van der Waals surface area contributed by atoms with Gasteiger partial charge in [-0.1, -0.05) is 47.5 Å². The maximum atomic E-state index is 12.1. The SMILES string of the molecule is O=C(COc1ccccc1)Nc1ccc(SCC(=O)Nc2cccc(Cl)c2Cl)cc1. The number of carbonyl (C=O) groups is 2. The molecule has 0 fully saturated rings. The molecule has 0 saturated heterocycles. The molecule has 5 nitrogen and oxygen atoms in total. The van der Waals surface area contributed by atoms with E-state index in [0.29, 0.717) is 27.2 Å². The highest BCUT2D eigenvalue weighted by atomic mass is 35.5. The van der Waals surface area contributed by atoms with Crippen molar-refractivity contribution in [2.24, 2.45) is 0 Å². The van der Waals surface area contributed by atoms with Gasteiger partial charge >= 0.3 is 0 Å². The van der Waals surface area contributed by atoms with Gasteiger partial charge in [-0.05, 0) is 48.5 Å². The van der Waals surface area contributed by atoms with Crippen LogP contribution in [0.4, 0.5) is 11.4 Å². The van der Waals surface area contributed by atoms with Crippen LogP contribution in [0.2, 0.25) is 10.0 Å². The van der Waals surface area contributed by atoms with Gasteiger partial charge in [0.05, 0.1) is 21.5 Å². The van der Waals surface area contributed by atoms with E-state index in [2.05, 4.69) is 10.6 Å². The number of thioether (sulfide) groups is 1. The van der Waals surface area contributed by atoms with Crippen LogP contribution in [0.15, 0.2) is 77.7 Å². The molecular formula is C22H18Cl2N2O3S. The number of amides is 2. The number of hydrogen-bond donors (Lipinski definition) is 2. The van der Waals surface area contributed by atoms with E-state index in [1.54, 1.807) is 42.5 Å². The van der Waals surface area contributed by atoms with E-state index in [1.807, 2.05) is 30.3 Å². The molecule has 0 spiro atoms. The third kappa shape index (κ3) is 6.69. The van der Waals surface area contributed by atoms with Crippen LogP contribution in [0, 0.1) is 0 Å². The van der Waals surface area contributed by atoms with Crippen molar-refractivity contribution >= 4 is 58.2 Å². The molecule has 0 aliphatic rings. The second-order valence-corrected chi connectivity index (χ2v) is 7.95. The Morgan fingerprint density at radius 1 is 0.833 bits per heavy atom. The molecule has 154 valence electrons. The van der Waals surface area contributed by atoms with Gasteiger partial charge in [0.25, 0.3) is 5.91 Å². The Morgan fingerprint density at radius 3 is 2.30 bits per heavy atom. The first kappa shape index (κ1) is 22.0. The van der Waals surface area contributed by atoms with Crippen molar-refractivity contribution in [2.45, 2.75) is 4.90 Å². The van der Waals surface area contributed by atoms with Crippen molar-refractivity contribution in [2.75, 3.05) is 23.0 Å². The largest absolute Gasteiger partial charge is 0.484 e. The number of para-hydroxylation sites is 1. The average molecular weight is 461 g/mol. The van der Waals surface area contributed by atoms with Crippen LogP contribution in [-0.2, 0) is 9.59 Å². The van der Waals surface area contributed by atoms with E-state index in [1.165, 1.54) is 11.8 Å². The molecule has 0 saturated carbocycles. The molecular weight excluding hydrogens is 443 g/mol. The zero-order valence-electron chi connectivity index (χ0n) is 15.7. The Hall–Kier alpha value is -2.67. The van der Waals surface area contributed by atoms with E-state index in [4.69, 9.17) is 27.9 Å². The molecule has 0 aliphatic heterocycles. The first-order chi connectivity index (χ1) is 14.5. The third-order valence-electron chi connectivity index (χ3n) is 3.85. The van der Waals surface area contributed by atoms with Crippen molar-refractivity contribution in [3.63, 3.8) is 0 Å². The number of carbonyl (C=O) groups excluding carboxylic acids is 2. The fraction of sp³-hybridized carbons (Fsp3) is 0.0909. The third-order valence-corrected chi connectivity index (χ3v) is 5.68. The Morgan fingerprint density at radius 2 is 1.57 bits per heavy atom. The topological polar surface area (TPSA) is 67.4 Å². The standard InChI is InChI=1S/C22H18Cl2N2O3S/c23-18-7-4-8-19(22(18)24)26-21(28)14-30-17-11-9-15(10-12-17)25-20(27)13-29-16-5-2-1-3-6-16/h1-12H,13-14H2,(H,25,27)(H,26,28). The molecule has 2 amide bonds. The molecule has 0 bridgehead atoms. The molecule has 8 heteroatoms. The summed E-state index contributed by atoms with van der Waals surface area (Å²) in [6, 6.07) is 21.4. The second kappa shape index (κ2) is 10.9. The molecule has 3 aromatic rings. The van der Waals surface area contributed by atoms with Gasteiger partial charge in [-0.25, -0.2) is 0 Å². The fourth-order valence-electron chi connectivity index (χ4n) is 2.43. The van der Waals surface area contributed by atoms with Crippen molar-refractivity contribution in [1.29, 1.82) is 0 Å². The Balaban J connectivity index is 1.44. The number of anilines is 2. The first-order valence-corrected chi connectivity index (χ1v) is 10.7. The summed E-state index contributed by atoms with van der Waals surface area (Å²) in [5, 5.41) is 6.21. The number of rotatable bonds is 8. The number of benzene rings is 3. The number of ether oxygens (including phenoxy) is 1. The van der Waals surface area contributed by atoms with Gasteiger partial charge in [0.2, 0.25) is 5.91 Å². The molecule has 0 aliphatic carbocycles. The predicted octanol–water partition coefficient (Wildman–Crippen LogP) is 5.74. The van der Waals surface area contributed by atoms with E-state index < -0.39 is 0 Å². The molecule has 0 atom stereocenters. The Bertz CT molecular complexity index is 1010. The highest BCUT2D eigenvalue weighted by Crippen LogP contribution is 2.30. The molecule has 3 rings (SSSR count). The summed E-state index contributed by atoms with van der Waals surface area (Å²) in [6.07, 6.45) is 0. The van der Waals surface area contributed by atoms with Gasteiger partial charge in [-0.15, -0.1) is 11.8 Å². The summed E-state index contributed by atoms with van der Waals surface area (Å²) in [4.78, 5) is 25.0. The van der Waals surface area contributed by atoms with E-state index in [9.17, 15) is 9.59 Å². The monoisotopic (exact) mass is 460 g/mol. The maximum absolute atomic E-state index is 12.1. The first-order valence-electron chi connectivity index (χ1n) is 8.95. The lowest BCUT2D eigenvalue weighted by molar-refractivity contribution is -0.118. The highest BCUT2D eigenvalue weighted by Gasteiger charge is 2.09. The van der Waals surface area contributed by atoms with Gasteiger partial charge in [-0.3, -0.25) is 9.59 Å². The van der Waals surface area contributed by atoms with E-state index in [-0.39, 0.29) is 24.2 Å². The minimum atomic E-state index is -0.253. The lowest BCUT2D eigenvalue weighted by Gasteiger charge is -2.09. The minimum Gasteiger partial charge on any atom is -0.484 e. The summed E-state index contributed by atoms with van der Waals surface area (Å²) in [7, 11) is 0. The normalized spacial score (nSPS) is 10.3. The van der Waals surface area contributed by atoms with Crippen LogP contribution in [0.25, 0.3) is 0 Å². The zero-order valence-corrected chi connectivity index (χ0v) is 18.1. The minimum absolute atomic E-state index is 0.0766. The molecule has 0 radical (unpaired) electrons. The summed E-state index contributed by atoms with van der Waals surface area (Å²) in [5.74, 6) is 0.396. The Labute approximate surface area is 188 Å².